The maximum absolute atomic E-state index is 12.0. The van der Waals surface area contributed by atoms with Gasteiger partial charge >= 0.3 is 6.03 Å². The molecule has 1 aliphatic heterocycles. The van der Waals surface area contributed by atoms with Crippen LogP contribution in [0.25, 0.3) is 0 Å². The average Bonchev–Trinajstić information content (AvgIpc) is 2.48. The number of piperidine rings is 1. The maximum Gasteiger partial charge on any atom is 0.317 e. The Labute approximate surface area is 139 Å². The third-order valence-corrected chi connectivity index (χ3v) is 4.20. The van der Waals surface area contributed by atoms with E-state index in [-0.39, 0.29) is 11.9 Å². The quantitative estimate of drug-likeness (QED) is 0.730. The number of pyridine rings is 1. The van der Waals surface area contributed by atoms with Crippen molar-refractivity contribution in [3.05, 3.63) is 22.3 Å². The number of halogens is 2. The van der Waals surface area contributed by atoms with Gasteiger partial charge in [-0.25, -0.2) is 9.78 Å². The number of hydrogen-bond acceptors (Lipinski definition) is 4. The number of nitrogens with zero attached hydrogens (tertiary/aromatic N) is 2. The van der Waals surface area contributed by atoms with Crippen LogP contribution in [0.2, 0.25) is 10.0 Å². The molecule has 2 amide bonds. The van der Waals surface area contributed by atoms with Gasteiger partial charge in [0, 0.05) is 32.4 Å². The number of likely N-dealkylation sites (tertiary alicyclic amines) is 1. The molecule has 8 heteroatoms. The lowest BCUT2D eigenvalue weighted by atomic mass is 9.96. The first-order chi connectivity index (χ1) is 10.5. The van der Waals surface area contributed by atoms with Gasteiger partial charge in [-0.2, -0.15) is 0 Å². The fourth-order valence-corrected chi connectivity index (χ4v) is 2.69. The van der Waals surface area contributed by atoms with E-state index in [2.05, 4.69) is 15.6 Å². The molecule has 2 unspecified atom stereocenters. The third kappa shape index (κ3) is 4.63. The van der Waals surface area contributed by atoms with Crippen LogP contribution in [0, 0.1) is 5.92 Å². The summed E-state index contributed by atoms with van der Waals surface area (Å²) < 4.78 is 0. The fraction of sp³-hybridized carbons (Fsp3) is 0.571. The number of aromatic nitrogens is 1. The molecule has 1 aromatic rings. The summed E-state index contributed by atoms with van der Waals surface area (Å²) in [4.78, 5) is 17.7. The number of amides is 2. The van der Waals surface area contributed by atoms with Crippen molar-refractivity contribution in [3.8, 4) is 0 Å². The van der Waals surface area contributed by atoms with Crippen LogP contribution in [0.1, 0.15) is 13.3 Å². The SMILES string of the molecule is CC1CCN(C(=O)NCCNc2ncc(Cl)cc2Cl)CC1O. The molecule has 1 saturated heterocycles. The van der Waals surface area contributed by atoms with Crippen molar-refractivity contribution in [3.63, 3.8) is 0 Å². The molecule has 0 aromatic carbocycles. The van der Waals surface area contributed by atoms with Gasteiger partial charge in [-0.05, 0) is 18.4 Å². The van der Waals surface area contributed by atoms with E-state index >= 15 is 0 Å². The minimum Gasteiger partial charge on any atom is -0.391 e. The molecular weight excluding hydrogens is 327 g/mol. The highest BCUT2D eigenvalue weighted by atomic mass is 35.5. The minimum atomic E-state index is -0.449. The van der Waals surface area contributed by atoms with Gasteiger partial charge in [0.2, 0.25) is 0 Å². The summed E-state index contributed by atoms with van der Waals surface area (Å²) in [6.45, 7) is 3.97. The molecule has 0 radical (unpaired) electrons. The van der Waals surface area contributed by atoms with E-state index in [1.807, 2.05) is 6.92 Å². The lowest BCUT2D eigenvalue weighted by molar-refractivity contribution is 0.0437. The maximum atomic E-state index is 12.0. The van der Waals surface area contributed by atoms with Gasteiger partial charge in [0.05, 0.1) is 16.1 Å². The number of aliphatic hydroxyl groups is 1. The van der Waals surface area contributed by atoms with Crippen LogP contribution in [-0.2, 0) is 0 Å². The molecule has 6 nitrogen and oxygen atoms in total. The molecule has 2 heterocycles. The van der Waals surface area contributed by atoms with Crippen molar-refractivity contribution in [2.24, 2.45) is 5.92 Å². The number of rotatable bonds is 4. The summed E-state index contributed by atoms with van der Waals surface area (Å²) in [5.74, 6) is 0.770. The second kappa shape index (κ2) is 7.85. The zero-order valence-electron chi connectivity index (χ0n) is 12.4. The number of anilines is 1. The highest BCUT2D eigenvalue weighted by Crippen LogP contribution is 2.22. The zero-order chi connectivity index (χ0) is 16.1. The van der Waals surface area contributed by atoms with Crippen molar-refractivity contribution in [1.82, 2.24) is 15.2 Å². The average molecular weight is 347 g/mol. The molecule has 0 bridgehead atoms. The van der Waals surface area contributed by atoms with Crippen molar-refractivity contribution in [1.29, 1.82) is 0 Å². The Hall–Kier alpha value is -1.24. The van der Waals surface area contributed by atoms with Gasteiger partial charge in [-0.1, -0.05) is 30.1 Å². The minimum absolute atomic E-state index is 0.164. The molecule has 0 saturated carbocycles. The van der Waals surface area contributed by atoms with Gasteiger partial charge in [-0.15, -0.1) is 0 Å². The normalized spacial score (nSPS) is 21.5. The largest absolute Gasteiger partial charge is 0.391 e. The molecule has 1 aliphatic rings. The Morgan fingerprint density at radius 2 is 2.27 bits per heavy atom. The predicted octanol–water partition coefficient (Wildman–Crippen LogP) is 2.21. The molecule has 2 rings (SSSR count). The Bertz CT molecular complexity index is 530. The van der Waals surface area contributed by atoms with E-state index < -0.39 is 6.10 Å². The summed E-state index contributed by atoms with van der Waals surface area (Å²) in [7, 11) is 0. The monoisotopic (exact) mass is 346 g/mol. The van der Waals surface area contributed by atoms with E-state index in [0.29, 0.717) is 42.0 Å². The van der Waals surface area contributed by atoms with E-state index in [1.165, 1.54) is 6.20 Å². The van der Waals surface area contributed by atoms with Gasteiger partial charge in [0.1, 0.15) is 5.82 Å². The van der Waals surface area contributed by atoms with Crippen molar-refractivity contribution in [2.75, 3.05) is 31.5 Å². The van der Waals surface area contributed by atoms with Gasteiger partial charge < -0.3 is 20.6 Å². The van der Waals surface area contributed by atoms with Crippen LogP contribution < -0.4 is 10.6 Å². The lowest BCUT2D eigenvalue weighted by Crippen LogP contribution is -2.50. The molecule has 1 fully saturated rings. The Morgan fingerprint density at radius 3 is 2.95 bits per heavy atom. The molecular formula is C14H20Cl2N4O2. The van der Waals surface area contributed by atoms with E-state index in [4.69, 9.17) is 23.2 Å². The summed E-state index contributed by atoms with van der Waals surface area (Å²) in [6, 6.07) is 1.44. The summed E-state index contributed by atoms with van der Waals surface area (Å²) in [6.07, 6.45) is 1.87. The standard InChI is InChI=1S/C14H20Cl2N4O2/c1-9-2-5-20(8-12(9)21)14(22)18-4-3-17-13-11(16)6-10(15)7-19-13/h6-7,9,12,21H,2-5,8H2,1H3,(H,17,19)(H,18,22). The predicted molar refractivity (Wildman–Crippen MR) is 87.5 cm³/mol. The first kappa shape index (κ1) is 17.1. The number of nitrogens with one attached hydrogen (secondary N) is 2. The van der Waals surface area contributed by atoms with E-state index in [9.17, 15) is 9.90 Å². The summed E-state index contributed by atoms with van der Waals surface area (Å²) in [5.41, 5.74) is 0. The molecule has 22 heavy (non-hydrogen) atoms. The molecule has 122 valence electrons. The topological polar surface area (TPSA) is 77.5 Å². The molecule has 1 aromatic heterocycles. The molecule has 3 N–H and O–H groups in total. The third-order valence-electron chi connectivity index (χ3n) is 3.71. The Kier molecular flexibility index (Phi) is 6.11. The molecule has 2 atom stereocenters. The molecule has 0 aliphatic carbocycles. The number of β-amino-alcohol motifs (C(OH)–C–C–N with tert-alkyl or cyclic N) is 1. The van der Waals surface area contributed by atoms with E-state index in [1.54, 1.807) is 11.0 Å². The van der Waals surface area contributed by atoms with Crippen LogP contribution in [0.15, 0.2) is 12.3 Å². The molecule has 0 spiro atoms. The van der Waals surface area contributed by atoms with Crippen molar-refractivity contribution < 1.29 is 9.90 Å². The van der Waals surface area contributed by atoms with Gasteiger partial charge in [0.15, 0.2) is 0 Å². The number of aliphatic hydroxyl groups excluding tert-OH is 1. The van der Waals surface area contributed by atoms with Crippen LogP contribution >= 0.6 is 23.2 Å². The van der Waals surface area contributed by atoms with E-state index in [0.717, 1.165) is 6.42 Å². The number of urea groups is 1. The summed E-state index contributed by atoms with van der Waals surface area (Å²) >= 11 is 11.8. The number of hydrogen-bond donors (Lipinski definition) is 3. The van der Waals surface area contributed by atoms with Crippen LogP contribution in [-0.4, -0.2) is 53.3 Å². The number of carbonyl (C=O) groups excluding carboxylic acids is 1. The number of carbonyl (C=O) groups is 1. The fourth-order valence-electron chi connectivity index (χ4n) is 2.24. The van der Waals surface area contributed by atoms with Crippen LogP contribution in [0.4, 0.5) is 10.6 Å². The zero-order valence-corrected chi connectivity index (χ0v) is 13.9. The van der Waals surface area contributed by atoms with Crippen LogP contribution in [0.3, 0.4) is 0 Å². The highest BCUT2D eigenvalue weighted by molar-refractivity contribution is 6.35. The van der Waals surface area contributed by atoms with Crippen LogP contribution in [0.5, 0.6) is 0 Å². The van der Waals surface area contributed by atoms with Gasteiger partial charge in [0.25, 0.3) is 0 Å². The van der Waals surface area contributed by atoms with Crippen molar-refractivity contribution >= 4 is 35.1 Å². The second-order valence-electron chi connectivity index (χ2n) is 5.42. The second-order valence-corrected chi connectivity index (χ2v) is 6.27. The lowest BCUT2D eigenvalue weighted by Gasteiger charge is -2.34. The smallest absolute Gasteiger partial charge is 0.317 e. The summed E-state index contributed by atoms with van der Waals surface area (Å²) in [5, 5.41) is 16.5. The van der Waals surface area contributed by atoms with Gasteiger partial charge in [-0.3, -0.25) is 0 Å². The first-order valence-electron chi connectivity index (χ1n) is 7.23. The Morgan fingerprint density at radius 1 is 1.50 bits per heavy atom. The van der Waals surface area contributed by atoms with Crippen molar-refractivity contribution in [2.45, 2.75) is 19.4 Å². The first-order valence-corrected chi connectivity index (χ1v) is 7.98. The Balaban J connectivity index is 1.71. The highest BCUT2D eigenvalue weighted by Gasteiger charge is 2.26.